The van der Waals surface area contributed by atoms with Crippen LogP contribution in [0.25, 0.3) is 10.6 Å². The van der Waals surface area contributed by atoms with Crippen molar-refractivity contribution in [2.24, 2.45) is 0 Å². The maximum atomic E-state index is 5.83. The minimum Gasteiger partial charge on any atom is -0.314 e. The third-order valence-corrected chi connectivity index (χ3v) is 3.19. The van der Waals surface area contributed by atoms with Gasteiger partial charge in [0.1, 0.15) is 5.01 Å². The summed E-state index contributed by atoms with van der Waals surface area (Å²) in [5.74, 6) is 0. The highest BCUT2D eigenvalue weighted by atomic mass is 35.5. The number of hydrogen-bond acceptors (Lipinski definition) is 3. The second-order valence-electron chi connectivity index (χ2n) is 3.18. The lowest BCUT2D eigenvalue weighted by atomic mass is 10.2. The Morgan fingerprint density at radius 2 is 2.07 bits per heavy atom. The molecule has 0 spiro atoms. The molecule has 0 aliphatic rings. The van der Waals surface area contributed by atoms with Crippen molar-refractivity contribution in [2.45, 2.75) is 6.54 Å². The zero-order chi connectivity index (χ0) is 10.7. The predicted molar refractivity (Wildman–Crippen MR) is 65.3 cm³/mol. The molecular formula is C11H11ClN2S. The number of thiazole rings is 1. The van der Waals surface area contributed by atoms with Gasteiger partial charge in [-0.3, -0.25) is 0 Å². The standard InChI is InChI=1S/C11H11ClN2S/c1-13-6-10-7-15-11(14-10)8-2-4-9(12)5-3-8/h2-5,7,13H,6H2,1H3. The molecule has 78 valence electrons. The summed E-state index contributed by atoms with van der Waals surface area (Å²) in [6, 6.07) is 7.75. The highest BCUT2D eigenvalue weighted by molar-refractivity contribution is 7.13. The molecule has 0 bridgehead atoms. The Morgan fingerprint density at radius 3 is 2.73 bits per heavy atom. The maximum absolute atomic E-state index is 5.83. The summed E-state index contributed by atoms with van der Waals surface area (Å²) in [4.78, 5) is 4.51. The Morgan fingerprint density at radius 1 is 1.33 bits per heavy atom. The Kier molecular flexibility index (Phi) is 3.36. The average molecular weight is 239 g/mol. The lowest BCUT2D eigenvalue weighted by Crippen LogP contribution is -2.04. The van der Waals surface area contributed by atoms with Gasteiger partial charge >= 0.3 is 0 Å². The molecule has 1 N–H and O–H groups in total. The number of benzene rings is 1. The molecule has 0 saturated carbocycles. The van der Waals surface area contributed by atoms with Gasteiger partial charge in [-0.15, -0.1) is 11.3 Å². The monoisotopic (exact) mass is 238 g/mol. The predicted octanol–water partition coefficient (Wildman–Crippen LogP) is 3.18. The van der Waals surface area contributed by atoms with Gasteiger partial charge in [0, 0.05) is 22.5 Å². The summed E-state index contributed by atoms with van der Waals surface area (Å²) in [5.41, 5.74) is 2.19. The van der Waals surface area contributed by atoms with E-state index in [0.29, 0.717) is 0 Å². The molecule has 1 heterocycles. The molecule has 0 amide bonds. The zero-order valence-corrected chi connectivity index (χ0v) is 9.90. The average Bonchev–Trinajstić information content (AvgIpc) is 2.68. The summed E-state index contributed by atoms with van der Waals surface area (Å²) in [6.45, 7) is 0.810. The molecular weight excluding hydrogens is 228 g/mol. The van der Waals surface area contributed by atoms with Crippen molar-refractivity contribution in [3.8, 4) is 10.6 Å². The smallest absolute Gasteiger partial charge is 0.123 e. The van der Waals surface area contributed by atoms with Gasteiger partial charge < -0.3 is 5.32 Å². The van der Waals surface area contributed by atoms with E-state index in [-0.39, 0.29) is 0 Å². The van der Waals surface area contributed by atoms with E-state index < -0.39 is 0 Å². The van der Waals surface area contributed by atoms with Gasteiger partial charge in [-0.1, -0.05) is 23.7 Å². The first-order valence-electron chi connectivity index (χ1n) is 4.64. The van der Waals surface area contributed by atoms with Gasteiger partial charge in [0.2, 0.25) is 0 Å². The van der Waals surface area contributed by atoms with Crippen LogP contribution < -0.4 is 5.32 Å². The Bertz CT molecular complexity index is 436. The fourth-order valence-corrected chi connectivity index (χ4v) is 2.25. The highest BCUT2D eigenvalue weighted by Crippen LogP contribution is 2.24. The van der Waals surface area contributed by atoms with Crippen LogP contribution >= 0.6 is 22.9 Å². The first-order valence-corrected chi connectivity index (χ1v) is 5.90. The van der Waals surface area contributed by atoms with Crippen molar-refractivity contribution in [1.82, 2.24) is 10.3 Å². The van der Waals surface area contributed by atoms with Crippen LogP contribution in [0.1, 0.15) is 5.69 Å². The molecule has 0 aliphatic carbocycles. The largest absolute Gasteiger partial charge is 0.314 e. The maximum Gasteiger partial charge on any atom is 0.123 e. The number of rotatable bonds is 3. The van der Waals surface area contributed by atoms with Crippen LogP contribution in [0.4, 0.5) is 0 Å². The zero-order valence-electron chi connectivity index (χ0n) is 8.33. The quantitative estimate of drug-likeness (QED) is 0.889. The van der Waals surface area contributed by atoms with Gasteiger partial charge in [-0.05, 0) is 19.2 Å². The van der Waals surface area contributed by atoms with Crippen LogP contribution in [0.2, 0.25) is 5.02 Å². The molecule has 0 atom stereocenters. The normalized spacial score (nSPS) is 10.5. The van der Waals surface area contributed by atoms with E-state index in [1.807, 2.05) is 31.3 Å². The Balaban J connectivity index is 2.25. The molecule has 0 saturated heterocycles. The van der Waals surface area contributed by atoms with Gasteiger partial charge in [0.05, 0.1) is 5.69 Å². The lowest BCUT2D eigenvalue weighted by molar-refractivity contribution is 0.798. The fourth-order valence-electron chi connectivity index (χ4n) is 1.29. The number of halogens is 1. The molecule has 0 fully saturated rings. The summed E-state index contributed by atoms with van der Waals surface area (Å²) in [5, 5.41) is 6.94. The number of aromatic nitrogens is 1. The Hall–Kier alpha value is -0.900. The van der Waals surface area contributed by atoms with Gasteiger partial charge in [-0.25, -0.2) is 4.98 Å². The number of nitrogens with one attached hydrogen (secondary N) is 1. The second kappa shape index (κ2) is 4.75. The van der Waals surface area contributed by atoms with E-state index in [1.165, 1.54) is 0 Å². The number of nitrogens with zero attached hydrogens (tertiary/aromatic N) is 1. The van der Waals surface area contributed by atoms with Gasteiger partial charge in [0.15, 0.2) is 0 Å². The van der Waals surface area contributed by atoms with Gasteiger partial charge in [0.25, 0.3) is 0 Å². The van der Waals surface area contributed by atoms with E-state index in [1.54, 1.807) is 11.3 Å². The topological polar surface area (TPSA) is 24.9 Å². The van der Waals surface area contributed by atoms with Crippen molar-refractivity contribution in [3.05, 3.63) is 40.4 Å². The first-order chi connectivity index (χ1) is 7.29. The minimum absolute atomic E-state index is 0.755. The summed E-state index contributed by atoms with van der Waals surface area (Å²) >= 11 is 7.48. The first kappa shape index (κ1) is 10.6. The summed E-state index contributed by atoms with van der Waals surface area (Å²) in [6.07, 6.45) is 0. The third-order valence-electron chi connectivity index (χ3n) is 2.00. The van der Waals surface area contributed by atoms with Crippen LogP contribution in [0.5, 0.6) is 0 Å². The van der Waals surface area contributed by atoms with E-state index in [2.05, 4.69) is 15.7 Å². The van der Waals surface area contributed by atoms with Crippen molar-refractivity contribution in [3.63, 3.8) is 0 Å². The molecule has 0 radical (unpaired) electrons. The highest BCUT2D eigenvalue weighted by Gasteiger charge is 2.03. The van der Waals surface area contributed by atoms with E-state index >= 15 is 0 Å². The molecule has 1 aromatic heterocycles. The van der Waals surface area contributed by atoms with Crippen molar-refractivity contribution >= 4 is 22.9 Å². The third kappa shape index (κ3) is 2.56. The SMILES string of the molecule is CNCc1csc(-c2ccc(Cl)cc2)n1. The van der Waals surface area contributed by atoms with E-state index in [9.17, 15) is 0 Å². The molecule has 15 heavy (non-hydrogen) atoms. The minimum atomic E-state index is 0.755. The van der Waals surface area contributed by atoms with E-state index in [0.717, 1.165) is 27.8 Å². The molecule has 0 unspecified atom stereocenters. The van der Waals surface area contributed by atoms with Crippen LogP contribution in [0, 0.1) is 0 Å². The second-order valence-corrected chi connectivity index (χ2v) is 4.48. The van der Waals surface area contributed by atoms with Crippen LogP contribution in [0.15, 0.2) is 29.6 Å². The molecule has 0 aliphatic heterocycles. The summed E-state index contributed by atoms with van der Waals surface area (Å²) < 4.78 is 0. The van der Waals surface area contributed by atoms with Gasteiger partial charge in [-0.2, -0.15) is 0 Å². The lowest BCUT2D eigenvalue weighted by Gasteiger charge is -1.96. The van der Waals surface area contributed by atoms with Crippen LogP contribution in [0.3, 0.4) is 0 Å². The van der Waals surface area contributed by atoms with Crippen molar-refractivity contribution < 1.29 is 0 Å². The number of hydrogen-bond donors (Lipinski definition) is 1. The molecule has 2 rings (SSSR count). The summed E-state index contributed by atoms with van der Waals surface area (Å²) in [7, 11) is 1.92. The molecule has 2 nitrogen and oxygen atoms in total. The van der Waals surface area contributed by atoms with Crippen LogP contribution in [-0.2, 0) is 6.54 Å². The van der Waals surface area contributed by atoms with Crippen molar-refractivity contribution in [2.75, 3.05) is 7.05 Å². The Labute approximate surface area is 97.9 Å². The molecule has 2 aromatic rings. The van der Waals surface area contributed by atoms with Crippen molar-refractivity contribution in [1.29, 1.82) is 0 Å². The van der Waals surface area contributed by atoms with E-state index in [4.69, 9.17) is 11.6 Å². The van der Waals surface area contributed by atoms with Crippen LogP contribution in [-0.4, -0.2) is 12.0 Å². The molecule has 4 heteroatoms. The fraction of sp³-hybridized carbons (Fsp3) is 0.182. The molecule has 1 aromatic carbocycles.